The Kier molecular flexibility index (Phi) is 6.55. The summed E-state index contributed by atoms with van der Waals surface area (Å²) in [5.74, 6) is 2.56. The first-order chi connectivity index (χ1) is 6.81. The van der Waals surface area contributed by atoms with Crippen molar-refractivity contribution < 1.29 is 0 Å². The van der Waals surface area contributed by atoms with Crippen molar-refractivity contribution in [2.75, 3.05) is 0 Å². The lowest BCUT2D eigenvalue weighted by Crippen LogP contribution is -2.27. The van der Waals surface area contributed by atoms with Gasteiger partial charge in [0.25, 0.3) is 0 Å². The van der Waals surface area contributed by atoms with Gasteiger partial charge >= 0.3 is 0 Å². The van der Waals surface area contributed by atoms with Gasteiger partial charge in [-0.15, -0.1) is 0 Å². The zero-order valence-electron chi connectivity index (χ0n) is 12.1. The molecule has 0 aliphatic carbocycles. The third kappa shape index (κ3) is 5.58. The van der Waals surface area contributed by atoms with Crippen LogP contribution in [0.4, 0.5) is 0 Å². The fourth-order valence-electron chi connectivity index (χ4n) is 2.36. The molecular formula is C15H32. The Hall–Kier alpha value is 0. The maximum absolute atomic E-state index is 2.45. The molecular weight excluding hydrogens is 180 g/mol. The molecule has 2 atom stereocenters. The summed E-state index contributed by atoms with van der Waals surface area (Å²) in [7, 11) is 0. The van der Waals surface area contributed by atoms with E-state index >= 15 is 0 Å². The minimum absolute atomic E-state index is 0.513. The summed E-state index contributed by atoms with van der Waals surface area (Å²) in [4.78, 5) is 0. The van der Waals surface area contributed by atoms with E-state index in [4.69, 9.17) is 0 Å². The molecule has 0 aliphatic rings. The summed E-state index contributed by atoms with van der Waals surface area (Å²) >= 11 is 0. The lowest BCUT2D eigenvalue weighted by Gasteiger charge is -2.36. The van der Waals surface area contributed by atoms with Gasteiger partial charge in [-0.2, -0.15) is 0 Å². The minimum Gasteiger partial charge on any atom is -0.0654 e. The molecule has 0 heteroatoms. The molecule has 0 heterocycles. The number of hydrogen-bond acceptors (Lipinski definition) is 0. The first kappa shape index (κ1) is 15.0. The highest BCUT2D eigenvalue weighted by Gasteiger charge is 2.29. The first-order valence-electron chi connectivity index (χ1n) is 6.81. The van der Waals surface area contributed by atoms with E-state index < -0.39 is 0 Å². The summed E-state index contributed by atoms with van der Waals surface area (Å²) in [6.07, 6.45) is 5.45. The molecule has 0 N–H and O–H groups in total. The van der Waals surface area contributed by atoms with Crippen LogP contribution in [0.15, 0.2) is 0 Å². The highest BCUT2D eigenvalue weighted by molar-refractivity contribution is 4.79. The molecule has 0 aromatic heterocycles. The molecule has 0 aliphatic heterocycles. The Labute approximate surface area is 97.8 Å². The normalized spacial score (nSPS) is 16.8. The predicted molar refractivity (Wildman–Crippen MR) is 71.1 cm³/mol. The van der Waals surface area contributed by atoms with Crippen LogP contribution in [-0.4, -0.2) is 0 Å². The average Bonchev–Trinajstić information content (AvgIpc) is 2.14. The largest absolute Gasteiger partial charge is 0.0654 e. The van der Waals surface area contributed by atoms with Gasteiger partial charge in [0.1, 0.15) is 0 Å². The van der Waals surface area contributed by atoms with E-state index in [1.165, 1.54) is 25.7 Å². The topological polar surface area (TPSA) is 0 Å². The Balaban J connectivity index is 4.17. The van der Waals surface area contributed by atoms with Crippen LogP contribution in [0.5, 0.6) is 0 Å². The van der Waals surface area contributed by atoms with Crippen LogP contribution in [0.1, 0.15) is 74.1 Å². The van der Waals surface area contributed by atoms with Crippen LogP contribution in [0.25, 0.3) is 0 Å². The molecule has 0 saturated carbocycles. The zero-order chi connectivity index (χ0) is 12.1. The first-order valence-corrected chi connectivity index (χ1v) is 6.81. The van der Waals surface area contributed by atoms with Crippen LogP contribution in [-0.2, 0) is 0 Å². The Morgan fingerprint density at radius 2 is 1.47 bits per heavy atom. The van der Waals surface area contributed by atoms with Crippen LogP contribution >= 0.6 is 0 Å². The van der Waals surface area contributed by atoms with Gasteiger partial charge < -0.3 is 0 Å². The minimum atomic E-state index is 0.513. The number of hydrogen-bond donors (Lipinski definition) is 0. The van der Waals surface area contributed by atoms with Gasteiger partial charge in [-0.25, -0.2) is 0 Å². The van der Waals surface area contributed by atoms with Gasteiger partial charge in [0, 0.05) is 0 Å². The monoisotopic (exact) mass is 212 g/mol. The van der Waals surface area contributed by atoms with Crippen molar-refractivity contribution in [3.8, 4) is 0 Å². The summed E-state index contributed by atoms with van der Waals surface area (Å²) in [6.45, 7) is 16.7. The molecule has 0 fully saturated rings. The van der Waals surface area contributed by atoms with Crippen molar-refractivity contribution in [2.45, 2.75) is 74.1 Å². The predicted octanol–water partition coefficient (Wildman–Crippen LogP) is 5.52. The lowest BCUT2D eigenvalue weighted by molar-refractivity contribution is 0.137. The van der Waals surface area contributed by atoms with Gasteiger partial charge in [0.05, 0.1) is 0 Å². The van der Waals surface area contributed by atoms with Crippen molar-refractivity contribution in [3.05, 3.63) is 0 Å². The second-order valence-corrected chi connectivity index (χ2v) is 6.48. The third-order valence-corrected chi connectivity index (χ3v) is 4.20. The SMILES string of the molecule is CCCC(C)C(C)C(C)(C)CCC(C)C. The van der Waals surface area contributed by atoms with Crippen molar-refractivity contribution in [1.29, 1.82) is 0 Å². The molecule has 92 valence electrons. The van der Waals surface area contributed by atoms with Gasteiger partial charge in [-0.3, -0.25) is 0 Å². The molecule has 0 saturated heterocycles. The quantitative estimate of drug-likeness (QED) is 0.521. The average molecular weight is 212 g/mol. The maximum Gasteiger partial charge on any atom is -0.0326 e. The zero-order valence-corrected chi connectivity index (χ0v) is 12.1. The van der Waals surface area contributed by atoms with Gasteiger partial charge in [0.2, 0.25) is 0 Å². The summed E-state index contributed by atoms with van der Waals surface area (Å²) < 4.78 is 0. The molecule has 2 unspecified atom stereocenters. The molecule has 15 heavy (non-hydrogen) atoms. The van der Waals surface area contributed by atoms with E-state index in [9.17, 15) is 0 Å². The fourth-order valence-corrected chi connectivity index (χ4v) is 2.36. The van der Waals surface area contributed by atoms with E-state index in [0.29, 0.717) is 5.41 Å². The third-order valence-electron chi connectivity index (χ3n) is 4.20. The summed E-state index contributed by atoms with van der Waals surface area (Å²) in [6, 6.07) is 0. The lowest BCUT2D eigenvalue weighted by atomic mass is 9.69. The summed E-state index contributed by atoms with van der Waals surface area (Å²) in [5, 5.41) is 0. The molecule has 0 spiro atoms. The van der Waals surface area contributed by atoms with Crippen molar-refractivity contribution in [3.63, 3.8) is 0 Å². The van der Waals surface area contributed by atoms with E-state index in [1.54, 1.807) is 0 Å². The number of rotatable bonds is 7. The molecule has 0 radical (unpaired) electrons. The molecule has 0 rings (SSSR count). The smallest absolute Gasteiger partial charge is 0.0326 e. The molecule has 0 amide bonds. The second kappa shape index (κ2) is 6.55. The van der Waals surface area contributed by atoms with E-state index in [-0.39, 0.29) is 0 Å². The molecule has 0 aromatic carbocycles. The van der Waals surface area contributed by atoms with E-state index in [0.717, 1.165) is 17.8 Å². The Morgan fingerprint density at radius 1 is 0.933 bits per heavy atom. The molecule has 0 nitrogen and oxygen atoms in total. The van der Waals surface area contributed by atoms with Crippen LogP contribution in [0.3, 0.4) is 0 Å². The van der Waals surface area contributed by atoms with E-state index in [1.807, 2.05) is 0 Å². The summed E-state index contributed by atoms with van der Waals surface area (Å²) in [5.41, 5.74) is 0.513. The van der Waals surface area contributed by atoms with Gasteiger partial charge in [-0.1, -0.05) is 67.7 Å². The van der Waals surface area contributed by atoms with Gasteiger partial charge in [-0.05, 0) is 29.6 Å². The maximum atomic E-state index is 2.45. The van der Waals surface area contributed by atoms with Crippen LogP contribution < -0.4 is 0 Å². The Morgan fingerprint density at radius 3 is 1.87 bits per heavy atom. The molecule has 0 aromatic rings. The highest BCUT2D eigenvalue weighted by Crippen LogP contribution is 2.38. The van der Waals surface area contributed by atoms with E-state index in [2.05, 4.69) is 48.5 Å². The second-order valence-electron chi connectivity index (χ2n) is 6.48. The standard InChI is InChI=1S/C15H32/c1-8-9-13(4)14(5)15(6,7)11-10-12(2)3/h12-14H,8-11H2,1-7H3. The van der Waals surface area contributed by atoms with Crippen LogP contribution in [0.2, 0.25) is 0 Å². The highest BCUT2D eigenvalue weighted by atomic mass is 14.3. The Bertz CT molecular complexity index is 155. The van der Waals surface area contributed by atoms with Crippen molar-refractivity contribution >= 4 is 0 Å². The molecule has 0 bridgehead atoms. The fraction of sp³-hybridized carbons (Fsp3) is 1.00. The van der Waals surface area contributed by atoms with Gasteiger partial charge in [0.15, 0.2) is 0 Å². The van der Waals surface area contributed by atoms with Crippen LogP contribution in [0, 0.1) is 23.2 Å². The van der Waals surface area contributed by atoms with Crippen molar-refractivity contribution in [2.24, 2.45) is 23.2 Å². The van der Waals surface area contributed by atoms with Crippen molar-refractivity contribution in [1.82, 2.24) is 0 Å².